The fraction of sp³-hybridized carbons (Fsp3) is 0.125. The molecule has 20 heavy (non-hydrogen) atoms. The van der Waals surface area contributed by atoms with Gasteiger partial charge in [0.1, 0.15) is 9.85 Å². The highest BCUT2D eigenvalue weighted by molar-refractivity contribution is 5.79. The van der Waals surface area contributed by atoms with Gasteiger partial charge in [-0.25, -0.2) is 14.9 Å². The third-order valence-corrected chi connectivity index (χ3v) is 2.06. The van der Waals surface area contributed by atoms with Crippen molar-refractivity contribution in [3.63, 3.8) is 0 Å². The van der Waals surface area contributed by atoms with Crippen molar-refractivity contribution >= 4 is 11.7 Å². The number of nitrogens with one attached hydrogen (secondary N) is 1. The van der Waals surface area contributed by atoms with Crippen LogP contribution in [0.15, 0.2) is 30.3 Å². The fourth-order valence-corrected chi connectivity index (χ4v) is 1.21. The lowest BCUT2D eigenvalue weighted by Crippen LogP contribution is -2.60. The van der Waals surface area contributed by atoms with E-state index in [1.54, 1.807) is 5.32 Å². The third-order valence-electron chi connectivity index (χ3n) is 2.06. The molecule has 0 aromatic heterocycles. The second-order valence-electron chi connectivity index (χ2n) is 3.28. The highest BCUT2D eigenvalue weighted by atomic mass is 17.0. The maximum absolute atomic E-state index is 11.4. The van der Waals surface area contributed by atoms with Gasteiger partial charge in [0, 0.05) is 5.69 Å². The largest absolute Gasteiger partial charge is 0.628 e. The smallest absolute Gasteiger partial charge is 0.256 e. The van der Waals surface area contributed by atoms with Crippen molar-refractivity contribution in [3.8, 4) is 0 Å². The van der Waals surface area contributed by atoms with E-state index in [9.17, 15) is 35.1 Å². The molecule has 0 spiro atoms. The average Bonchev–Trinajstić information content (AvgIpc) is 2.35. The van der Waals surface area contributed by atoms with Crippen LogP contribution < -0.4 is 5.32 Å². The number of carbonyl (C=O) groups excluding carboxylic acids is 1. The van der Waals surface area contributed by atoms with Crippen molar-refractivity contribution in [2.45, 2.75) is 5.79 Å². The standard InChI is InChI=1S/C8H6N4O8/c13-7(20-12(18)19)8(10(14)15,11(16)17)9-6-4-2-1-3-5-6/h1-5,9H. The predicted molar refractivity (Wildman–Crippen MR) is 59.9 cm³/mol. The molecule has 0 heterocycles. The van der Waals surface area contributed by atoms with Gasteiger partial charge in [-0.05, 0) is 12.1 Å². The Kier molecular flexibility index (Phi) is 4.10. The summed E-state index contributed by atoms with van der Waals surface area (Å²) in [5.74, 6) is -5.99. The third kappa shape index (κ3) is 2.74. The van der Waals surface area contributed by atoms with E-state index < -0.39 is 26.7 Å². The second kappa shape index (κ2) is 5.55. The van der Waals surface area contributed by atoms with Crippen molar-refractivity contribution in [2.75, 3.05) is 5.32 Å². The normalized spacial score (nSPS) is 10.4. The topological polar surface area (TPSA) is 168 Å². The summed E-state index contributed by atoms with van der Waals surface area (Å²) in [4.78, 5) is 43.2. The number of carbonyl (C=O) groups is 1. The molecule has 0 amide bonds. The molecule has 0 atom stereocenters. The number of nitrogens with zero attached hydrogens (tertiary/aromatic N) is 3. The highest BCUT2D eigenvalue weighted by Gasteiger charge is 2.67. The van der Waals surface area contributed by atoms with E-state index in [0.717, 1.165) is 0 Å². The zero-order valence-electron chi connectivity index (χ0n) is 9.49. The van der Waals surface area contributed by atoms with E-state index in [-0.39, 0.29) is 5.69 Å². The number of nitro groups is 2. The summed E-state index contributed by atoms with van der Waals surface area (Å²) in [5, 5.41) is 31.8. The van der Waals surface area contributed by atoms with Crippen molar-refractivity contribution in [2.24, 2.45) is 0 Å². The van der Waals surface area contributed by atoms with Gasteiger partial charge in [0.15, 0.2) is 0 Å². The quantitative estimate of drug-likeness (QED) is 0.431. The molecule has 0 aliphatic carbocycles. The first-order valence-corrected chi connectivity index (χ1v) is 4.79. The zero-order valence-corrected chi connectivity index (χ0v) is 9.49. The van der Waals surface area contributed by atoms with Crippen molar-refractivity contribution in [1.82, 2.24) is 0 Å². The van der Waals surface area contributed by atoms with Gasteiger partial charge in [0.2, 0.25) is 0 Å². The summed E-state index contributed by atoms with van der Waals surface area (Å²) in [6.45, 7) is 0. The van der Waals surface area contributed by atoms with Crippen LogP contribution in [0.1, 0.15) is 0 Å². The lowest BCUT2D eigenvalue weighted by Gasteiger charge is -2.15. The lowest BCUT2D eigenvalue weighted by atomic mass is 10.3. The molecule has 0 unspecified atom stereocenters. The first-order valence-electron chi connectivity index (χ1n) is 4.79. The SMILES string of the molecule is O=C(O[N+](=O)[O-])C(Nc1ccccc1)([N+](=O)[O-])[N+](=O)[O-]. The van der Waals surface area contributed by atoms with Crippen LogP contribution in [0.3, 0.4) is 0 Å². The Bertz CT molecular complexity index is 545. The number of rotatable bonds is 6. The molecule has 0 saturated heterocycles. The van der Waals surface area contributed by atoms with Crippen molar-refractivity contribution < 1.29 is 24.6 Å². The lowest BCUT2D eigenvalue weighted by molar-refractivity contribution is -0.791. The van der Waals surface area contributed by atoms with Crippen LogP contribution in [0.25, 0.3) is 0 Å². The van der Waals surface area contributed by atoms with Crippen molar-refractivity contribution in [3.05, 3.63) is 60.7 Å². The van der Waals surface area contributed by atoms with Crippen LogP contribution >= 0.6 is 0 Å². The molecule has 0 aliphatic rings. The minimum absolute atomic E-state index is 0.166. The molecular weight excluding hydrogens is 280 g/mol. The Labute approximate surface area is 109 Å². The van der Waals surface area contributed by atoms with Crippen LogP contribution in [-0.4, -0.2) is 26.7 Å². The van der Waals surface area contributed by atoms with Gasteiger partial charge in [-0.2, -0.15) is 0 Å². The molecule has 1 aromatic rings. The van der Waals surface area contributed by atoms with Gasteiger partial charge in [0.25, 0.3) is 0 Å². The predicted octanol–water partition coefficient (Wildman–Crippen LogP) is 0.0406. The molecule has 106 valence electrons. The number of para-hydroxylation sites is 1. The Morgan fingerprint density at radius 3 is 1.95 bits per heavy atom. The van der Waals surface area contributed by atoms with Gasteiger partial charge in [-0.1, -0.05) is 18.2 Å². The molecule has 0 radical (unpaired) electrons. The Morgan fingerprint density at radius 1 is 1.05 bits per heavy atom. The molecule has 1 N–H and O–H groups in total. The van der Waals surface area contributed by atoms with Crippen molar-refractivity contribution in [1.29, 1.82) is 0 Å². The average molecular weight is 286 g/mol. The summed E-state index contributed by atoms with van der Waals surface area (Å²) < 4.78 is 0. The van der Waals surface area contributed by atoms with Gasteiger partial charge >= 0.3 is 16.8 Å². The number of anilines is 1. The fourth-order valence-electron chi connectivity index (χ4n) is 1.21. The monoisotopic (exact) mass is 286 g/mol. The molecule has 0 fully saturated rings. The molecule has 0 bridgehead atoms. The van der Waals surface area contributed by atoms with Crippen LogP contribution in [-0.2, 0) is 9.63 Å². The molecule has 12 heteroatoms. The Hall–Kier alpha value is -3.31. The van der Waals surface area contributed by atoms with E-state index in [2.05, 4.69) is 4.84 Å². The minimum Gasteiger partial charge on any atom is -0.256 e. The van der Waals surface area contributed by atoms with Crippen LogP contribution in [0.5, 0.6) is 0 Å². The van der Waals surface area contributed by atoms with E-state index >= 15 is 0 Å². The van der Waals surface area contributed by atoms with Gasteiger partial charge in [-0.15, -0.1) is 10.1 Å². The maximum Gasteiger partial charge on any atom is 0.628 e. The molecule has 1 rings (SSSR count). The van der Waals surface area contributed by atoms with Crippen LogP contribution in [0.2, 0.25) is 0 Å². The molecular formula is C8H6N4O8. The number of hydrogen-bond donors (Lipinski definition) is 1. The molecule has 1 aromatic carbocycles. The highest BCUT2D eigenvalue weighted by Crippen LogP contribution is 2.18. The first kappa shape index (κ1) is 14.7. The Balaban J connectivity index is 3.25. The molecule has 0 aliphatic heterocycles. The van der Waals surface area contributed by atoms with E-state index in [0.29, 0.717) is 0 Å². The molecule has 12 nitrogen and oxygen atoms in total. The second-order valence-corrected chi connectivity index (χ2v) is 3.28. The summed E-state index contributed by atoms with van der Waals surface area (Å²) in [5.41, 5.74) is -0.166. The Morgan fingerprint density at radius 2 is 1.55 bits per heavy atom. The minimum atomic E-state index is -3.71. The van der Waals surface area contributed by atoms with E-state index in [4.69, 9.17) is 0 Å². The van der Waals surface area contributed by atoms with E-state index in [1.165, 1.54) is 30.3 Å². The first-order chi connectivity index (χ1) is 9.30. The van der Waals surface area contributed by atoms with Gasteiger partial charge in [0.05, 0.1) is 0 Å². The van der Waals surface area contributed by atoms with Gasteiger partial charge in [-0.3, -0.25) is 20.2 Å². The molecule has 0 saturated carbocycles. The zero-order chi connectivity index (χ0) is 15.3. The summed E-state index contributed by atoms with van der Waals surface area (Å²) in [7, 11) is 0. The van der Waals surface area contributed by atoms with Gasteiger partial charge < -0.3 is 0 Å². The van der Waals surface area contributed by atoms with Crippen LogP contribution in [0.4, 0.5) is 5.69 Å². The summed E-state index contributed by atoms with van der Waals surface area (Å²) in [6, 6.07) is 6.67. The number of benzene rings is 1. The van der Waals surface area contributed by atoms with E-state index in [1.807, 2.05) is 0 Å². The van der Waals surface area contributed by atoms with Crippen LogP contribution in [0, 0.1) is 30.3 Å². The number of hydrogen-bond acceptors (Lipinski definition) is 9. The summed E-state index contributed by atoms with van der Waals surface area (Å²) in [6.07, 6.45) is 0. The summed E-state index contributed by atoms with van der Waals surface area (Å²) >= 11 is 0. The maximum atomic E-state index is 11.4.